The standard InChI is InChI=1S/C8H12N.BrH.Mg/c1-9(2)8-6-4-3-5-7-8;;/h3-4,6-7H,5H2,1-2H3;1H;/q-1;;+2/p-1. The van der Waals surface area contributed by atoms with Gasteiger partial charge in [-0.2, -0.15) is 6.08 Å². The molecule has 0 aromatic heterocycles. The number of rotatable bonds is 1. The van der Waals surface area contributed by atoms with Crippen LogP contribution in [0.25, 0.3) is 0 Å². The fraction of sp³-hybridized carbons (Fsp3) is 0.375. The zero-order valence-electron chi connectivity index (χ0n) is 7.05. The molecule has 0 unspecified atom stereocenters. The van der Waals surface area contributed by atoms with Crippen LogP contribution in [-0.4, -0.2) is 42.0 Å². The average molecular weight is 226 g/mol. The molecule has 0 N–H and O–H groups in total. The number of hydrogen-bond acceptors (Lipinski definition) is 1. The van der Waals surface area contributed by atoms with Gasteiger partial charge in [-0.3, -0.25) is 0 Å². The van der Waals surface area contributed by atoms with E-state index in [1.807, 2.05) is 0 Å². The van der Waals surface area contributed by atoms with Crippen molar-refractivity contribution in [3.8, 4) is 0 Å². The van der Waals surface area contributed by atoms with E-state index in [0.717, 1.165) is 6.42 Å². The normalized spacial score (nSPS) is 13.5. The van der Waals surface area contributed by atoms with Gasteiger partial charge in [0.1, 0.15) is 0 Å². The van der Waals surface area contributed by atoms with E-state index in [9.17, 15) is 0 Å². The van der Waals surface area contributed by atoms with Gasteiger partial charge in [0.25, 0.3) is 0 Å². The molecule has 0 fully saturated rings. The second-order valence-corrected chi connectivity index (χ2v) is 2.35. The molecule has 1 aliphatic carbocycles. The van der Waals surface area contributed by atoms with Crippen molar-refractivity contribution >= 4 is 23.1 Å². The predicted octanol–water partition coefficient (Wildman–Crippen LogP) is -1.78. The summed E-state index contributed by atoms with van der Waals surface area (Å²) in [5.74, 6) is 0. The molecule has 1 nitrogen and oxygen atoms in total. The van der Waals surface area contributed by atoms with Crippen LogP contribution in [0.2, 0.25) is 0 Å². The molecule has 11 heavy (non-hydrogen) atoms. The summed E-state index contributed by atoms with van der Waals surface area (Å²) >= 11 is 0. The van der Waals surface area contributed by atoms with Crippen molar-refractivity contribution in [2.45, 2.75) is 6.42 Å². The number of nitrogens with zero attached hydrogens (tertiary/aromatic N) is 1. The topological polar surface area (TPSA) is 3.24 Å². The SMILES string of the molecule is CN(C)C1=CC[CH-]C=C1.[Br-].[Mg+2]. The minimum absolute atomic E-state index is 0. The maximum absolute atomic E-state index is 2.21. The summed E-state index contributed by atoms with van der Waals surface area (Å²) < 4.78 is 0. The van der Waals surface area contributed by atoms with Crippen LogP contribution < -0.4 is 17.0 Å². The minimum Gasteiger partial charge on any atom is -1.00 e. The van der Waals surface area contributed by atoms with Crippen molar-refractivity contribution < 1.29 is 17.0 Å². The van der Waals surface area contributed by atoms with E-state index in [1.165, 1.54) is 5.70 Å². The fourth-order valence-electron chi connectivity index (χ4n) is 0.834. The Morgan fingerprint density at radius 1 is 1.45 bits per heavy atom. The van der Waals surface area contributed by atoms with Crippen molar-refractivity contribution in [1.29, 1.82) is 0 Å². The molecule has 1 rings (SSSR count). The molecule has 1 aliphatic rings. The Labute approximate surface area is 95.5 Å². The third-order valence-electron chi connectivity index (χ3n) is 1.38. The van der Waals surface area contributed by atoms with Gasteiger partial charge in [-0.15, -0.1) is 0 Å². The zero-order chi connectivity index (χ0) is 6.69. The molecule has 3 heteroatoms. The van der Waals surface area contributed by atoms with Gasteiger partial charge in [0, 0.05) is 14.1 Å². The summed E-state index contributed by atoms with van der Waals surface area (Å²) in [5.41, 5.74) is 1.30. The molecule has 58 valence electrons. The summed E-state index contributed by atoms with van der Waals surface area (Å²) in [5, 5.41) is 0. The second kappa shape index (κ2) is 7.07. The Balaban J connectivity index is 0. The summed E-state index contributed by atoms with van der Waals surface area (Å²) in [7, 11) is 4.11. The third kappa shape index (κ3) is 4.77. The van der Waals surface area contributed by atoms with Gasteiger partial charge in [-0.1, -0.05) is 18.2 Å². The number of allylic oxidation sites excluding steroid dienone is 3. The molecular formula is C8H12BrMgN. The molecular weight excluding hydrogens is 214 g/mol. The van der Waals surface area contributed by atoms with Crippen molar-refractivity contribution in [3.63, 3.8) is 0 Å². The van der Waals surface area contributed by atoms with E-state index in [2.05, 4.69) is 43.6 Å². The first kappa shape index (κ1) is 14.0. The van der Waals surface area contributed by atoms with E-state index < -0.39 is 0 Å². The van der Waals surface area contributed by atoms with Crippen molar-refractivity contribution in [3.05, 3.63) is 30.3 Å². The number of halogens is 1. The molecule has 0 aliphatic heterocycles. The Bertz CT molecular complexity index is 152. The van der Waals surface area contributed by atoms with Crippen molar-refractivity contribution in [2.24, 2.45) is 0 Å². The number of likely N-dealkylation sites (N-methyl/N-ethyl adjacent to an activating group) is 1. The Morgan fingerprint density at radius 3 is 2.36 bits per heavy atom. The van der Waals surface area contributed by atoms with E-state index in [-0.39, 0.29) is 40.0 Å². The second-order valence-electron chi connectivity index (χ2n) is 2.35. The van der Waals surface area contributed by atoms with Crippen molar-refractivity contribution in [2.75, 3.05) is 14.1 Å². The molecule has 0 saturated carbocycles. The fourth-order valence-corrected chi connectivity index (χ4v) is 0.834. The van der Waals surface area contributed by atoms with Crippen molar-refractivity contribution in [1.82, 2.24) is 4.90 Å². The van der Waals surface area contributed by atoms with Crippen LogP contribution in [0.1, 0.15) is 6.42 Å². The monoisotopic (exact) mass is 225 g/mol. The van der Waals surface area contributed by atoms with Gasteiger partial charge in [0.15, 0.2) is 0 Å². The maximum atomic E-state index is 2.21. The largest absolute Gasteiger partial charge is 2.00 e. The first-order chi connectivity index (χ1) is 4.30. The van der Waals surface area contributed by atoms with E-state index >= 15 is 0 Å². The van der Waals surface area contributed by atoms with Crippen LogP contribution in [0.15, 0.2) is 23.9 Å². The first-order valence-electron chi connectivity index (χ1n) is 3.18. The van der Waals surface area contributed by atoms with Gasteiger partial charge in [-0.25, -0.2) is 12.5 Å². The third-order valence-corrected chi connectivity index (χ3v) is 1.38. The summed E-state index contributed by atoms with van der Waals surface area (Å²) in [4.78, 5) is 2.11. The van der Waals surface area contributed by atoms with Gasteiger partial charge in [0.2, 0.25) is 0 Å². The molecule has 0 aromatic rings. The van der Waals surface area contributed by atoms with Crippen LogP contribution >= 0.6 is 0 Å². The van der Waals surface area contributed by atoms with Crippen LogP contribution in [0.4, 0.5) is 0 Å². The molecule has 0 atom stereocenters. The van der Waals surface area contributed by atoms with E-state index in [0.29, 0.717) is 0 Å². The molecule has 0 spiro atoms. The smallest absolute Gasteiger partial charge is 1.00 e. The average Bonchev–Trinajstić information content (AvgIpc) is 1.90. The molecule has 0 aromatic carbocycles. The summed E-state index contributed by atoms with van der Waals surface area (Å²) in [6.45, 7) is 0. The van der Waals surface area contributed by atoms with Crippen LogP contribution in [0.3, 0.4) is 0 Å². The minimum atomic E-state index is 0. The maximum Gasteiger partial charge on any atom is 2.00 e. The molecule has 0 radical (unpaired) electrons. The first-order valence-corrected chi connectivity index (χ1v) is 3.18. The Hall–Kier alpha value is 0.396. The molecule has 0 bridgehead atoms. The molecule has 0 amide bonds. The number of hydrogen-bond donors (Lipinski definition) is 0. The molecule has 0 heterocycles. The van der Waals surface area contributed by atoms with Gasteiger partial charge in [-0.05, 0) is 0 Å². The zero-order valence-corrected chi connectivity index (χ0v) is 10.0. The van der Waals surface area contributed by atoms with Gasteiger partial charge < -0.3 is 21.9 Å². The Kier molecular flexibility index (Phi) is 8.96. The van der Waals surface area contributed by atoms with Gasteiger partial charge >= 0.3 is 23.1 Å². The summed E-state index contributed by atoms with van der Waals surface area (Å²) in [6.07, 6.45) is 9.63. The quantitative estimate of drug-likeness (QED) is 0.377. The molecule has 0 saturated heterocycles. The van der Waals surface area contributed by atoms with E-state index in [4.69, 9.17) is 0 Å². The van der Waals surface area contributed by atoms with E-state index in [1.54, 1.807) is 0 Å². The van der Waals surface area contributed by atoms with Crippen LogP contribution in [0.5, 0.6) is 0 Å². The summed E-state index contributed by atoms with van der Waals surface area (Å²) in [6, 6.07) is 0. The van der Waals surface area contributed by atoms with Crippen LogP contribution in [-0.2, 0) is 0 Å². The van der Waals surface area contributed by atoms with Crippen LogP contribution in [0, 0.1) is 6.42 Å². The predicted molar refractivity (Wildman–Crippen MR) is 45.6 cm³/mol. The Morgan fingerprint density at radius 2 is 2.09 bits per heavy atom. The van der Waals surface area contributed by atoms with Gasteiger partial charge in [0.05, 0.1) is 0 Å².